The molecule has 1 saturated heterocycles. The molecular formula is C16H22ClN3O4. The monoisotopic (exact) mass is 355 g/mol. The summed E-state index contributed by atoms with van der Waals surface area (Å²) in [4.78, 5) is 27.7. The van der Waals surface area contributed by atoms with Crippen LogP contribution < -0.4 is 5.32 Å². The molecule has 0 amide bonds. The number of nitro benzene ring substituents is 1. The zero-order valence-electron chi connectivity index (χ0n) is 14.0. The predicted octanol–water partition coefficient (Wildman–Crippen LogP) is 3.63. The number of hydroxylamine groups is 2. The normalized spacial score (nSPS) is 16.7. The van der Waals surface area contributed by atoms with Crippen LogP contribution in [0, 0.1) is 15.5 Å². The Morgan fingerprint density at radius 1 is 1.38 bits per heavy atom. The van der Waals surface area contributed by atoms with Crippen LogP contribution in [0.1, 0.15) is 33.6 Å². The molecule has 8 heteroatoms. The Morgan fingerprint density at radius 3 is 2.54 bits per heavy atom. The summed E-state index contributed by atoms with van der Waals surface area (Å²) in [6.45, 7) is 6.65. The van der Waals surface area contributed by atoms with Crippen molar-refractivity contribution in [2.75, 3.05) is 18.4 Å². The maximum absolute atomic E-state index is 11.9. The first-order chi connectivity index (χ1) is 11.2. The van der Waals surface area contributed by atoms with Crippen molar-refractivity contribution in [1.82, 2.24) is 5.06 Å². The number of non-ortho nitro benzene ring substituents is 1. The highest BCUT2D eigenvalue weighted by Gasteiger charge is 2.28. The van der Waals surface area contributed by atoms with Crippen molar-refractivity contribution in [2.24, 2.45) is 5.41 Å². The molecule has 0 saturated carbocycles. The second-order valence-corrected chi connectivity index (χ2v) is 7.30. The van der Waals surface area contributed by atoms with E-state index in [9.17, 15) is 14.9 Å². The molecule has 1 N–H and O–H groups in total. The molecule has 0 aliphatic carbocycles. The van der Waals surface area contributed by atoms with E-state index < -0.39 is 10.3 Å². The number of hydrogen-bond acceptors (Lipinski definition) is 6. The number of nitrogens with one attached hydrogen (secondary N) is 1. The highest BCUT2D eigenvalue weighted by molar-refractivity contribution is 6.33. The minimum atomic E-state index is -0.536. The first-order valence-electron chi connectivity index (χ1n) is 7.84. The Morgan fingerprint density at radius 2 is 2.00 bits per heavy atom. The fourth-order valence-electron chi connectivity index (χ4n) is 2.30. The Labute approximate surface area is 146 Å². The molecule has 0 bridgehead atoms. The van der Waals surface area contributed by atoms with E-state index in [4.69, 9.17) is 16.4 Å². The van der Waals surface area contributed by atoms with Crippen molar-refractivity contribution in [2.45, 2.75) is 39.7 Å². The smallest absolute Gasteiger partial charge is 0.330 e. The number of piperidine rings is 1. The number of halogens is 1. The van der Waals surface area contributed by atoms with Crippen molar-refractivity contribution in [3.8, 4) is 0 Å². The highest BCUT2D eigenvalue weighted by atomic mass is 35.5. The summed E-state index contributed by atoms with van der Waals surface area (Å²) in [6.07, 6.45) is 1.49. The van der Waals surface area contributed by atoms with Crippen LogP contribution >= 0.6 is 11.6 Å². The van der Waals surface area contributed by atoms with Crippen LogP contribution in [0.5, 0.6) is 0 Å². The van der Waals surface area contributed by atoms with Gasteiger partial charge in [0.25, 0.3) is 5.69 Å². The van der Waals surface area contributed by atoms with Gasteiger partial charge in [0.05, 0.1) is 21.0 Å². The summed E-state index contributed by atoms with van der Waals surface area (Å²) in [5, 5.41) is 16.2. The van der Waals surface area contributed by atoms with Gasteiger partial charge < -0.3 is 10.2 Å². The molecule has 1 aliphatic heterocycles. The number of anilines is 1. The summed E-state index contributed by atoms with van der Waals surface area (Å²) in [5.41, 5.74) is 0.0143. The van der Waals surface area contributed by atoms with Gasteiger partial charge in [0, 0.05) is 31.3 Å². The fourth-order valence-corrected chi connectivity index (χ4v) is 2.48. The van der Waals surface area contributed by atoms with Crippen LogP contribution in [0.3, 0.4) is 0 Å². The van der Waals surface area contributed by atoms with E-state index in [1.165, 1.54) is 18.2 Å². The molecule has 1 aromatic carbocycles. The molecule has 1 aliphatic rings. The molecule has 1 aromatic rings. The first kappa shape index (κ1) is 18.5. The molecule has 1 heterocycles. The average molecular weight is 356 g/mol. The van der Waals surface area contributed by atoms with Crippen molar-refractivity contribution < 1.29 is 14.6 Å². The van der Waals surface area contributed by atoms with Gasteiger partial charge in [0.15, 0.2) is 0 Å². The lowest BCUT2D eigenvalue weighted by atomic mass is 9.98. The van der Waals surface area contributed by atoms with E-state index >= 15 is 0 Å². The van der Waals surface area contributed by atoms with Gasteiger partial charge in [-0.15, -0.1) is 5.06 Å². The lowest BCUT2D eigenvalue weighted by Crippen LogP contribution is -2.42. The maximum Gasteiger partial charge on any atom is 0.330 e. The lowest BCUT2D eigenvalue weighted by Gasteiger charge is -2.33. The van der Waals surface area contributed by atoms with Gasteiger partial charge in [-0.05, 0) is 39.7 Å². The van der Waals surface area contributed by atoms with Gasteiger partial charge in [-0.25, -0.2) is 4.79 Å². The van der Waals surface area contributed by atoms with Crippen LogP contribution in [0.25, 0.3) is 0 Å². The van der Waals surface area contributed by atoms with E-state index in [2.05, 4.69) is 5.32 Å². The standard InChI is InChI=1S/C16H22ClN3O4/c1-16(2,3)15(21)24-19-8-6-11(7-9-19)18-14-10-12(20(22)23)4-5-13(14)17/h4-5,10-11,18H,6-9H2,1-3H3. The van der Waals surface area contributed by atoms with Gasteiger partial charge in [0.2, 0.25) is 0 Å². The molecule has 132 valence electrons. The topological polar surface area (TPSA) is 84.7 Å². The van der Waals surface area contributed by atoms with Gasteiger partial charge in [-0.2, -0.15) is 0 Å². The minimum absolute atomic E-state index is 0.00144. The SMILES string of the molecule is CC(C)(C)C(=O)ON1CCC(Nc2cc([N+](=O)[O-])ccc2Cl)CC1. The van der Waals surface area contributed by atoms with E-state index in [-0.39, 0.29) is 17.7 Å². The van der Waals surface area contributed by atoms with Gasteiger partial charge in [-0.3, -0.25) is 10.1 Å². The van der Waals surface area contributed by atoms with Gasteiger partial charge >= 0.3 is 5.97 Å². The Balaban J connectivity index is 1.91. The summed E-state index contributed by atoms with van der Waals surface area (Å²) in [5.74, 6) is -0.254. The van der Waals surface area contributed by atoms with E-state index in [1.807, 2.05) is 20.8 Å². The fraction of sp³-hybridized carbons (Fsp3) is 0.562. The van der Waals surface area contributed by atoms with Crippen LogP contribution in [-0.2, 0) is 9.63 Å². The second kappa shape index (κ2) is 7.36. The number of nitrogens with zero attached hydrogens (tertiary/aromatic N) is 2. The quantitative estimate of drug-likeness (QED) is 0.655. The van der Waals surface area contributed by atoms with Gasteiger partial charge in [0.1, 0.15) is 0 Å². The Hall–Kier alpha value is -1.86. The van der Waals surface area contributed by atoms with Crippen molar-refractivity contribution in [1.29, 1.82) is 0 Å². The summed E-state index contributed by atoms with van der Waals surface area (Å²) >= 11 is 6.10. The summed E-state index contributed by atoms with van der Waals surface area (Å²) < 4.78 is 0. The number of hydrogen-bond donors (Lipinski definition) is 1. The molecule has 0 atom stereocenters. The largest absolute Gasteiger partial charge is 0.381 e. The van der Waals surface area contributed by atoms with Crippen LogP contribution in [0.2, 0.25) is 5.02 Å². The molecule has 0 radical (unpaired) electrons. The number of benzene rings is 1. The second-order valence-electron chi connectivity index (χ2n) is 6.90. The molecule has 2 rings (SSSR count). The number of nitro groups is 1. The molecule has 24 heavy (non-hydrogen) atoms. The molecular weight excluding hydrogens is 334 g/mol. The Kier molecular flexibility index (Phi) is 5.66. The van der Waals surface area contributed by atoms with Crippen molar-refractivity contribution in [3.05, 3.63) is 33.3 Å². The molecule has 0 spiro atoms. The zero-order chi connectivity index (χ0) is 17.9. The molecule has 1 fully saturated rings. The summed E-state index contributed by atoms with van der Waals surface area (Å²) in [6, 6.07) is 4.45. The Bertz CT molecular complexity index is 622. The molecule has 0 unspecified atom stereocenters. The number of carbonyl (C=O) groups excluding carboxylic acids is 1. The summed E-state index contributed by atoms with van der Waals surface area (Å²) in [7, 11) is 0. The third kappa shape index (κ3) is 4.82. The number of carbonyl (C=O) groups is 1. The molecule has 7 nitrogen and oxygen atoms in total. The average Bonchev–Trinajstić information content (AvgIpc) is 2.50. The third-order valence-corrected chi connectivity index (χ3v) is 4.13. The van der Waals surface area contributed by atoms with E-state index in [1.54, 1.807) is 5.06 Å². The zero-order valence-corrected chi connectivity index (χ0v) is 14.8. The van der Waals surface area contributed by atoms with Crippen molar-refractivity contribution >= 4 is 28.9 Å². The molecule has 0 aromatic heterocycles. The minimum Gasteiger partial charge on any atom is -0.381 e. The van der Waals surface area contributed by atoms with Gasteiger partial charge in [-0.1, -0.05) is 11.6 Å². The van der Waals surface area contributed by atoms with Crippen molar-refractivity contribution in [3.63, 3.8) is 0 Å². The van der Waals surface area contributed by atoms with Crippen LogP contribution in [0.15, 0.2) is 18.2 Å². The van der Waals surface area contributed by atoms with Crippen LogP contribution in [0.4, 0.5) is 11.4 Å². The highest BCUT2D eigenvalue weighted by Crippen LogP contribution is 2.29. The first-order valence-corrected chi connectivity index (χ1v) is 8.22. The maximum atomic E-state index is 11.9. The van der Waals surface area contributed by atoms with Crippen LogP contribution in [-0.4, -0.2) is 35.1 Å². The van der Waals surface area contributed by atoms with E-state index in [0.29, 0.717) is 23.8 Å². The van der Waals surface area contributed by atoms with E-state index in [0.717, 1.165) is 12.8 Å². The number of rotatable bonds is 4. The third-order valence-electron chi connectivity index (χ3n) is 3.80. The predicted molar refractivity (Wildman–Crippen MR) is 91.9 cm³/mol. The lowest BCUT2D eigenvalue weighted by molar-refractivity contribution is -0.384.